The van der Waals surface area contributed by atoms with Crippen LogP contribution in [0.3, 0.4) is 0 Å². The van der Waals surface area contributed by atoms with Crippen molar-refractivity contribution in [3.63, 3.8) is 0 Å². The number of amides is 1. The summed E-state index contributed by atoms with van der Waals surface area (Å²) in [4.78, 5) is 14.3. The first-order valence-corrected chi connectivity index (χ1v) is 7.97. The lowest BCUT2D eigenvalue weighted by molar-refractivity contribution is -0.0392. The van der Waals surface area contributed by atoms with Gasteiger partial charge in [0.15, 0.2) is 0 Å². The van der Waals surface area contributed by atoms with Crippen LogP contribution in [0.5, 0.6) is 0 Å². The summed E-state index contributed by atoms with van der Waals surface area (Å²) in [5.74, 6) is 0.840. The fraction of sp³-hybridized carbons (Fsp3) is 0.750. The molecule has 2 aliphatic heterocycles. The van der Waals surface area contributed by atoms with E-state index in [0.29, 0.717) is 11.7 Å². The molecule has 1 spiro atoms. The second-order valence-corrected chi connectivity index (χ2v) is 6.71. The van der Waals surface area contributed by atoms with E-state index in [0.717, 1.165) is 57.5 Å². The summed E-state index contributed by atoms with van der Waals surface area (Å²) in [6.45, 7) is 6.62. The molecule has 0 atom stereocenters. The van der Waals surface area contributed by atoms with E-state index in [-0.39, 0.29) is 11.5 Å². The first-order chi connectivity index (χ1) is 10.1. The van der Waals surface area contributed by atoms with Crippen molar-refractivity contribution in [1.82, 2.24) is 10.1 Å². The SMILES string of the molecule is CC(C)Cc1cc(C(=O)N2CCC3(CCCO3)CC2)on1. The molecule has 2 saturated heterocycles. The molecule has 1 aromatic heterocycles. The Balaban J connectivity index is 1.60. The van der Waals surface area contributed by atoms with Crippen LogP contribution in [0.4, 0.5) is 0 Å². The fourth-order valence-electron chi connectivity index (χ4n) is 3.35. The fourth-order valence-corrected chi connectivity index (χ4v) is 3.35. The number of piperidine rings is 1. The van der Waals surface area contributed by atoms with Gasteiger partial charge in [-0.2, -0.15) is 0 Å². The molecular weight excluding hydrogens is 268 g/mol. The Hall–Kier alpha value is -1.36. The number of likely N-dealkylation sites (tertiary alicyclic amines) is 1. The van der Waals surface area contributed by atoms with E-state index in [1.54, 1.807) is 6.07 Å². The zero-order chi connectivity index (χ0) is 14.9. The maximum absolute atomic E-state index is 12.5. The van der Waals surface area contributed by atoms with Gasteiger partial charge in [-0.05, 0) is 38.0 Å². The van der Waals surface area contributed by atoms with Crippen molar-refractivity contribution in [3.8, 4) is 0 Å². The van der Waals surface area contributed by atoms with Crippen LogP contribution in [0, 0.1) is 5.92 Å². The van der Waals surface area contributed by atoms with Gasteiger partial charge in [0.1, 0.15) is 0 Å². The smallest absolute Gasteiger partial charge is 0.292 e. The second-order valence-electron chi connectivity index (χ2n) is 6.71. The quantitative estimate of drug-likeness (QED) is 0.859. The molecule has 0 aromatic carbocycles. The molecule has 5 nitrogen and oxygen atoms in total. The molecule has 1 amide bonds. The molecule has 116 valence electrons. The molecular formula is C16H24N2O3. The number of aromatic nitrogens is 1. The zero-order valence-corrected chi connectivity index (χ0v) is 12.9. The Morgan fingerprint density at radius 3 is 2.76 bits per heavy atom. The predicted octanol–water partition coefficient (Wildman–Crippen LogP) is 2.66. The van der Waals surface area contributed by atoms with Crippen LogP contribution in [-0.4, -0.2) is 41.3 Å². The van der Waals surface area contributed by atoms with Gasteiger partial charge in [-0.15, -0.1) is 0 Å². The van der Waals surface area contributed by atoms with Gasteiger partial charge in [-0.3, -0.25) is 4.79 Å². The first-order valence-electron chi connectivity index (χ1n) is 7.97. The summed E-state index contributed by atoms with van der Waals surface area (Å²) in [6, 6.07) is 1.79. The number of rotatable bonds is 3. The van der Waals surface area contributed by atoms with Crippen LogP contribution in [0.25, 0.3) is 0 Å². The van der Waals surface area contributed by atoms with Crippen LogP contribution in [-0.2, 0) is 11.2 Å². The zero-order valence-electron chi connectivity index (χ0n) is 12.9. The number of ether oxygens (including phenoxy) is 1. The van der Waals surface area contributed by atoms with Crippen LogP contribution in [0.1, 0.15) is 55.8 Å². The van der Waals surface area contributed by atoms with Crippen LogP contribution in [0.15, 0.2) is 10.6 Å². The minimum Gasteiger partial charge on any atom is -0.375 e. The lowest BCUT2D eigenvalue weighted by Gasteiger charge is -2.38. The molecule has 21 heavy (non-hydrogen) atoms. The van der Waals surface area contributed by atoms with Gasteiger partial charge >= 0.3 is 0 Å². The summed E-state index contributed by atoms with van der Waals surface area (Å²) in [7, 11) is 0. The van der Waals surface area contributed by atoms with E-state index >= 15 is 0 Å². The normalized spacial score (nSPS) is 21.4. The van der Waals surface area contributed by atoms with Crippen molar-refractivity contribution in [2.75, 3.05) is 19.7 Å². The molecule has 0 aliphatic carbocycles. The highest BCUT2D eigenvalue weighted by Crippen LogP contribution is 2.35. The molecule has 3 rings (SSSR count). The van der Waals surface area contributed by atoms with Crippen LogP contribution in [0.2, 0.25) is 0 Å². The minimum atomic E-state index is -0.0367. The van der Waals surface area contributed by atoms with Gasteiger partial charge < -0.3 is 14.2 Å². The van der Waals surface area contributed by atoms with Crippen molar-refractivity contribution in [3.05, 3.63) is 17.5 Å². The second kappa shape index (κ2) is 5.79. The Kier molecular flexibility index (Phi) is 4.02. The maximum Gasteiger partial charge on any atom is 0.292 e. The van der Waals surface area contributed by atoms with Crippen molar-refractivity contribution in [2.24, 2.45) is 5.92 Å². The van der Waals surface area contributed by atoms with Crippen molar-refractivity contribution < 1.29 is 14.1 Å². The van der Waals surface area contributed by atoms with Crippen molar-refractivity contribution in [2.45, 2.75) is 51.6 Å². The number of carbonyl (C=O) groups is 1. The van der Waals surface area contributed by atoms with Crippen LogP contribution < -0.4 is 0 Å². The van der Waals surface area contributed by atoms with Gasteiger partial charge in [0.25, 0.3) is 5.91 Å². The lowest BCUT2D eigenvalue weighted by atomic mass is 9.88. The molecule has 2 aliphatic rings. The van der Waals surface area contributed by atoms with E-state index in [2.05, 4.69) is 19.0 Å². The van der Waals surface area contributed by atoms with Crippen molar-refractivity contribution >= 4 is 5.91 Å². The Labute approximate surface area is 125 Å². The van der Waals surface area contributed by atoms with E-state index in [1.807, 2.05) is 4.90 Å². The van der Waals surface area contributed by atoms with Gasteiger partial charge in [-0.1, -0.05) is 19.0 Å². The van der Waals surface area contributed by atoms with E-state index in [1.165, 1.54) is 0 Å². The summed E-state index contributed by atoms with van der Waals surface area (Å²) in [6.07, 6.45) is 5.00. The molecule has 0 N–H and O–H groups in total. The third-order valence-electron chi connectivity index (χ3n) is 4.53. The number of hydrogen-bond acceptors (Lipinski definition) is 4. The Bertz CT molecular complexity index is 493. The molecule has 2 fully saturated rings. The number of hydrogen-bond donors (Lipinski definition) is 0. The highest BCUT2D eigenvalue weighted by Gasteiger charge is 2.39. The average Bonchev–Trinajstić information content (AvgIpc) is 3.09. The molecule has 0 saturated carbocycles. The van der Waals surface area contributed by atoms with Gasteiger partial charge in [0.2, 0.25) is 5.76 Å². The Morgan fingerprint density at radius 1 is 1.38 bits per heavy atom. The van der Waals surface area contributed by atoms with Gasteiger partial charge in [0.05, 0.1) is 11.3 Å². The third kappa shape index (κ3) is 3.12. The van der Waals surface area contributed by atoms with Crippen LogP contribution >= 0.6 is 0 Å². The first kappa shape index (κ1) is 14.6. The monoisotopic (exact) mass is 292 g/mol. The summed E-state index contributed by atoms with van der Waals surface area (Å²) < 4.78 is 11.1. The predicted molar refractivity (Wildman–Crippen MR) is 78.1 cm³/mol. The maximum atomic E-state index is 12.5. The summed E-state index contributed by atoms with van der Waals surface area (Å²) in [5.41, 5.74) is 0.905. The molecule has 3 heterocycles. The van der Waals surface area contributed by atoms with E-state index < -0.39 is 0 Å². The number of nitrogens with zero attached hydrogens (tertiary/aromatic N) is 2. The summed E-state index contributed by atoms with van der Waals surface area (Å²) in [5, 5.41) is 4.00. The third-order valence-corrected chi connectivity index (χ3v) is 4.53. The average molecular weight is 292 g/mol. The molecule has 5 heteroatoms. The van der Waals surface area contributed by atoms with Gasteiger partial charge in [0, 0.05) is 25.8 Å². The van der Waals surface area contributed by atoms with Crippen molar-refractivity contribution in [1.29, 1.82) is 0 Å². The van der Waals surface area contributed by atoms with E-state index in [4.69, 9.17) is 9.26 Å². The molecule has 1 aromatic rings. The highest BCUT2D eigenvalue weighted by atomic mass is 16.5. The highest BCUT2D eigenvalue weighted by molar-refractivity contribution is 5.91. The van der Waals surface area contributed by atoms with E-state index in [9.17, 15) is 4.79 Å². The lowest BCUT2D eigenvalue weighted by Crippen LogP contribution is -2.46. The van der Waals surface area contributed by atoms with Gasteiger partial charge in [-0.25, -0.2) is 0 Å². The minimum absolute atomic E-state index is 0.0367. The topological polar surface area (TPSA) is 55.6 Å². The number of carbonyl (C=O) groups excluding carboxylic acids is 1. The molecule has 0 bridgehead atoms. The summed E-state index contributed by atoms with van der Waals surface area (Å²) >= 11 is 0. The molecule has 0 radical (unpaired) electrons. The standard InChI is InChI=1S/C16H24N2O3/c1-12(2)10-13-11-14(21-17-13)15(19)18-7-5-16(6-8-18)4-3-9-20-16/h11-12H,3-10H2,1-2H3. The largest absolute Gasteiger partial charge is 0.375 e. The molecule has 0 unspecified atom stereocenters. The Morgan fingerprint density at radius 2 is 2.14 bits per heavy atom.